The summed E-state index contributed by atoms with van der Waals surface area (Å²) in [6.45, 7) is 5.78. The van der Waals surface area contributed by atoms with Crippen LogP contribution in [0.5, 0.6) is 0 Å². The van der Waals surface area contributed by atoms with E-state index in [2.05, 4.69) is 6.92 Å². The van der Waals surface area contributed by atoms with E-state index in [1.807, 2.05) is 6.92 Å². The smallest absolute Gasteiger partial charge is 0.0569 e. The van der Waals surface area contributed by atoms with Gasteiger partial charge in [-0.1, -0.05) is 13.3 Å². The van der Waals surface area contributed by atoms with Gasteiger partial charge in [0.15, 0.2) is 0 Å². The van der Waals surface area contributed by atoms with E-state index in [-0.39, 0.29) is 11.5 Å². The minimum Gasteiger partial charge on any atom is -0.393 e. The molecule has 2 heteroatoms. The van der Waals surface area contributed by atoms with Gasteiger partial charge in [-0.25, -0.2) is 0 Å². The molecular weight excluding hydrogens is 164 g/mol. The number of aliphatic hydroxyl groups is 1. The quantitative estimate of drug-likeness (QED) is 0.618. The highest BCUT2D eigenvalue weighted by atomic mass is 16.5. The summed E-state index contributed by atoms with van der Waals surface area (Å²) < 4.78 is 5.49. The number of hydrogen-bond acceptors (Lipinski definition) is 2. The molecule has 0 aliphatic heterocycles. The first kappa shape index (κ1) is 11.0. The first-order chi connectivity index (χ1) is 6.21. The van der Waals surface area contributed by atoms with Crippen molar-refractivity contribution in [1.29, 1.82) is 0 Å². The summed E-state index contributed by atoms with van der Waals surface area (Å²) in [5.41, 5.74) is 0.228. The van der Waals surface area contributed by atoms with Crippen LogP contribution < -0.4 is 0 Å². The van der Waals surface area contributed by atoms with Crippen LogP contribution in [0.15, 0.2) is 0 Å². The molecule has 1 fully saturated rings. The Kier molecular flexibility index (Phi) is 4.20. The number of unbranched alkanes of at least 4 members (excludes halogenated alkanes) is 1. The average Bonchev–Trinajstić information content (AvgIpc) is 2.85. The lowest BCUT2D eigenvalue weighted by Crippen LogP contribution is -2.20. The van der Waals surface area contributed by atoms with Crippen molar-refractivity contribution in [2.75, 3.05) is 13.2 Å². The average molecular weight is 186 g/mol. The van der Waals surface area contributed by atoms with Gasteiger partial charge in [0.2, 0.25) is 0 Å². The van der Waals surface area contributed by atoms with Crippen molar-refractivity contribution in [2.24, 2.45) is 5.41 Å². The zero-order valence-electron chi connectivity index (χ0n) is 8.88. The third-order valence-corrected chi connectivity index (χ3v) is 3.16. The summed E-state index contributed by atoms with van der Waals surface area (Å²) in [6.07, 6.45) is 5.60. The van der Waals surface area contributed by atoms with E-state index in [0.29, 0.717) is 0 Å². The highest BCUT2D eigenvalue weighted by Gasteiger charge is 2.46. The van der Waals surface area contributed by atoms with E-state index in [1.165, 1.54) is 19.3 Å². The van der Waals surface area contributed by atoms with Gasteiger partial charge >= 0.3 is 0 Å². The van der Waals surface area contributed by atoms with Crippen LogP contribution in [0, 0.1) is 5.41 Å². The Balaban J connectivity index is 1.99. The Hall–Kier alpha value is -0.0800. The van der Waals surface area contributed by atoms with Crippen molar-refractivity contribution in [3.05, 3.63) is 0 Å². The van der Waals surface area contributed by atoms with E-state index < -0.39 is 0 Å². The first-order valence-corrected chi connectivity index (χ1v) is 5.47. The highest BCUT2D eigenvalue weighted by molar-refractivity contribution is 4.96. The van der Waals surface area contributed by atoms with Crippen LogP contribution in [0.4, 0.5) is 0 Å². The molecule has 1 saturated carbocycles. The van der Waals surface area contributed by atoms with Gasteiger partial charge in [-0.3, -0.25) is 0 Å². The molecule has 1 rings (SSSR count). The van der Waals surface area contributed by atoms with Crippen molar-refractivity contribution < 1.29 is 9.84 Å². The molecule has 1 N–H and O–H groups in total. The van der Waals surface area contributed by atoms with Gasteiger partial charge in [0.05, 0.1) is 6.10 Å². The van der Waals surface area contributed by atoms with Crippen LogP contribution in [-0.2, 0) is 4.74 Å². The van der Waals surface area contributed by atoms with Crippen LogP contribution in [0.1, 0.15) is 46.0 Å². The molecular formula is C11H22O2. The zero-order valence-corrected chi connectivity index (χ0v) is 8.88. The lowest BCUT2D eigenvalue weighted by Gasteiger charge is -2.17. The molecule has 0 aromatic heterocycles. The van der Waals surface area contributed by atoms with Gasteiger partial charge in [0, 0.05) is 13.2 Å². The number of ether oxygens (including phenoxy) is 1. The summed E-state index contributed by atoms with van der Waals surface area (Å²) in [5, 5.41) is 9.49. The van der Waals surface area contributed by atoms with Crippen LogP contribution >= 0.6 is 0 Å². The molecule has 0 radical (unpaired) electrons. The highest BCUT2D eigenvalue weighted by Crippen LogP contribution is 2.51. The maximum Gasteiger partial charge on any atom is 0.0569 e. The third kappa shape index (κ3) is 3.28. The molecule has 0 heterocycles. The molecule has 1 unspecified atom stereocenters. The fourth-order valence-corrected chi connectivity index (χ4v) is 1.66. The van der Waals surface area contributed by atoms with Gasteiger partial charge in [0.1, 0.15) is 0 Å². The summed E-state index contributed by atoms with van der Waals surface area (Å²) in [7, 11) is 0. The molecule has 0 amide bonds. The van der Waals surface area contributed by atoms with E-state index in [4.69, 9.17) is 4.74 Å². The number of rotatable bonds is 7. The topological polar surface area (TPSA) is 29.5 Å². The van der Waals surface area contributed by atoms with E-state index in [1.54, 1.807) is 0 Å². The summed E-state index contributed by atoms with van der Waals surface area (Å²) in [6, 6.07) is 0. The van der Waals surface area contributed by atoms with E-state index >= 15 is 0 Å². The molecule has 78 valence electrons. The fraction of sp³-hybridized carbons (Fsp3) is 1.00. The second kappa shape index (κ2) is 4.97. The molecule has 0 aromatic carbocycles. The van der Waals surface area contributed by atoms with Gasteiger partial charge in [0.25, 0.3) is 0 Å². The molecule has 2 nitrogen and oxygen atoms in total. The first-order valence-electron chi connectivity index (χ1n) is 5.47. The maximum atomic E-state index is 9.49. The van der Waals surface area contributed by atoms with Crippen molar-refractivity contribution in [3.63, 3.8) is 0 Å². The van der Waals surface area contributed by atoms with E-state index in [0.717, 1.165) is 26.1 Å². The Labute approximate surface area is 81.3 Å². The molecule has 0 aromatic rings. The van der Waals surface area contributed by atoms with E-state index in [9.17, 15) is 5.11 Å². The van der Waals surface area contributed by atoms with Gasteiger partial charge < -0.3 is 9.84 Å². The van der Waals surface area contributed by atoms with Crippen molar-refractivity contribution >= 4 is 0 Å². The predicted molar refractivity (Wildman–Crippen MR) is 53.7 cm³/mol. The Morgan fingerprint density at radius 1 is 1.38 bits per heavy atom. The zero-order chi connectivity index (χ0) is 9.73. The lowest BCUT2D eigenvalue weighted by molar-refractivity contribution is 0.0619. The van der Waals surface area contributed by atoms with Crippen LogP contribution in [0.3, 0.4) is 0 Å². The predicted octanol–water partition coefficient (Wildman–Crippen LogP) is 2.35. The van der Waals surface area contributed by atoms with Crippen molar-refractivity contribution in [3.8, 4) is 0 Å². The number of hydrogen-bond donors (Lipinski definition) is 1. The SMILES string of the molecule is CCCCOCCC1(C(C)O)CC1. The number of aliphatic hydroxyl groups excluding tert-OH is 1. The Bertz CT molecular complexity index is 139. The molecule has 1 atom stereocenters. The summed E-state index contributed by atoms with van der Waals surface area (Å²) in [4.78, 5) is 0. The van der Waals surface area contributed by atoms with Crippen LogP contribution in [0.25, 0.3) is 0 Å². The molecule has 1 aliphatic rings. The minimum absolute atomic E-state index is 0.151. The third-order valence-electron chi connectivity index (χ3n) is 3.16. The lowest BCUT2D eigenvalue weighted by atomic mass is 9.97. The van der Waals surface area contributed by atoms with Crippen molar-refractivity contribution in [1.82, 2.24) is 0 Å². The molecule has 0 spiro atoms. The molecule has 0 saturated heterocycles. The normalized spacial score (nSPS) is 21.5. The largest absolute Gasteiger partial charge is 0.393 e. The molecule has 13 heavy (non-hydrogen) atoms. The molecule has 0 bridgehead atoms. The second-order valence-electron chi connectivity index (χ2n) is 4.25. The summed E-state index contributed by atoms with van der Waals surface area (Å²) in [5.74, 6) is 0. The minimum atomic E-state index is -0.151. The Morgan fingerprint density at radius 2 is 2.08 bits per heavy atom. The molecule has 1 aliphatic carbocycles. The maximum absolute atomic E-state index is 9.49. The second-order valence-corrected chi connectivity index (χ2v) is 4.25. The summed E-state index contributed by atoms with van der Waals surface area (Å²) >= 11 is 0. The standard InChI is InChI=1S/C11H22O2/c1-3-4-8-13-9-7-11(5-6-11)10(2)12/h10,12H,3-9H2,1-2H3. The van der Waals surface area contributed by atoms with Gasteiger partial charge in [-0.05, 0) is 38.0 Å². The van der Waals surface area contributed by atoms with Crippen molar-refractivity contribution in [2.45, 2.75) is 52.1 Å². The Morgan fingerprint density at radius 3 is 2.54 bits per heavy atom. The van der Waals surface area contributed by atoms with Crippen LogP contribution in [0.2, 0.25) is 0 Å². The fourth-order valence-electron chi connectivity index (χ4n) is 1.66. The van der Waals surface area contributed by atoms with Crippen LogP contribution in [-0.4, -0.2) is 24.4 Å². The monoisotopic (exact) mass is 186 g/mol. The van der Waals surface area contributed by atoms with Gasteiger partial charge in [-0.2, -0.15) is 0 Å². The van der Waals surface area contributed by atoms with Gasteiger partial charge in [-0.15, -0.1) is 0 Å².